The van der Waals surface area contributed by atoms with Gasteiger partial charge in [-0.2, -0.15) is 15.3 Å². The number of carbonyl (C=O) groups excluding carboxylic acids is 1. The van der Waals surface area contributed by atoms with Crippen molar-refractivity contribution in [1.82, 2.24) is 40.1 Å². The summed E-state index contributed by atoms with van der Waals surface area (Å²) in [6.45, 7) is 4.27. The molecule has 0 radical (unpaired) electrons. The Morgan fingerprint density at radius 1 is 1.25 bits per heavy atom. The highest BCUT2D eigenvalue weighted by molar-refractivity contribution is 5.93. The van der Waals surface area contributed by atoms with Crippen molar-refractivity contribution < 1.29 is 4.79 Å². The van der Waals surface area contributed by atoms with Crippen LogP contribution >= 0.6 is 0 Å². The third-order valence-corrected chi connectivity index (χ3v) is 4.59. The summed E-state index contributed by atoms with van der Waals surface area (Å²) in [5.41, 5.74) is 4.85. The van der Waals surface area contributed by atoms with Gasteiger partial charge in [0.15, 0.2) is 5.82 Å². The minimum Gasteiger partial charge on any atom is -0.347 e. The summed E-state index contributed by atoms with van der Waals surface area (Å²) in [7, 11) is 1.89. The van der Waals surface area contributed by atoms with E-state index >= 15 is 0 Å². The van der Waals surface area contributed by atoms with Crippen molar-refractivity contribution in [2.24, 2.45) is 7.05 Å². The molecule has 0 aliphatic heterocycles. The SMILES string of the molecule is Cc1nn(C)c(C)c1-c1cc(C(=O)NCc2ccnc(-n3cccn3)c2)[nH]n1. The van der Waals surface area contributed by atoms with E-state index in [0.717, 1.165) is 22.5 Å². The molecule has 9 nitrogen and oxygen atoms in total. The quantitative estimate of drug-likeness (QED) is 0.554. The first-order valence-corrected chi connectivity index (χ1v) is 8.82. The predicted octanol–water partition coefficient (Wildman–Crippen LogP) is 1.94. The van der Waals surface area contributed by atoms with Crippen LogP contribution in [0, 0.1) is 13.8 Å². The molecule has 0 aliphatic carbocycles. The second-order valence-electron chi connectivity index (χ2n) is 6.49. The molecule has 9 heteroatoms. The van der Waals surface area contributed by atoms with Crippen molar-refractivity contribution >= 4 is 5.91 Å². The number of aromatic nitrogens is 7. The summed E-state index contributed by atoms with van der Waals surface area (Å²) in [4.78, 5) is 16.8. The first-order chi connectivity index (χ1) is 13.5. The van der Waals surface area contributed by atoms with Crippen molar-refractivity contribution in [2.45, 2.75) is 20.4 Å². The number of pyridine rings is 1. The molecule has 0 bridgehead atoms. The summed E-state index contributed by atoms with van der Waals surface area (Å²) in [6.07, 6.45) is 5.21. The minimum atomic E-state index is -0.226. The lowest BCUT2D eigenvalue weighted by atomic mass is 10.1. The molecule has 2 N–H and O–H groups in total. The van der Waals surface area contributed by atoms with E-state index in [1.54, 1.807) is 27.8 Å². The van der Waals surface area contributed by atoms with E-state index in [0.29, 0.717) is 23.8 Å². The largest absolute Gasteiger partial charge is 0.347 e. The van der Waals surface area contributed by atoms with E-state index in [1.807, 2.05) is 45.3 Å². The third kappa shape index (κ3) is 3.29. The number of hydrogen-bond acceptors (Lipinski definition) is 5. The maximum absolute atomic E-state index is 12.5. The zero-order valence-corrected chi connectivity index (χ0v) is 15.8. The van der Waals surface area contributed by atoms with E-state index in [9.17, 15) is 4.79 Å². The molecule has 4 heterocycles. The van der Waals surface area contributed by atoms with Crippen molar-refractivity contribution in [3.05, 3.63) is 65.5 Å². The first-order valence-electron chi connectivity index (χ1n) is 8.82. The van der Waals surface area contributed by atoms with E-state index in [4.69, 9.17) is 0 Å². The van der Waals surface area contributed by atoms with Gasteiger partial charge in [0.25, 0.3) is 5.91 Å². The molecular formula is C19H20N8O. The van der Waals surface area contributed by atoms with Gasteiger partial charge in [-0.1, -0.05) is 0 Å². The molecule has 4 rings (SSSR count). The number of nitrogens with one attached hydrogen (secondary N) is 2. The standard InChI is InChI=1S/C19H20N8O/c1-12-18(13(2)26(3)25-12)15-10-16(24-23-15)19(28)21-11-14-5-7-20-17(9-14)27-8-4-6-22-27/h4-10H,11H2,1-3H3,(H,21,28)(H,23,24). The Bertz CT molecular complexity index is 1120. The van der Waals surface area contributed by atoms with Gasteiger partial charge < -0.3 is 5.32 Å². The summed E-state index contributed by atoms with van der Waals surface area (Å²) in [5.74, 6) is 0.471. The first kappa shape index (κ1) is 17.7. The van der Waals surface area contributed by atoms with Gasteiger partial charge in [-0.15, -0.1) is 0 Å². The number of carbonyl (C=O) groups is 1. The van der Waals surface area contributed by atoms with Crippen molar-refractivity contribution in [1.29, 1.82) is 0 Å². The molecule has 0 saturated heterocycles. The van der Waals surface area contributed by atoms with Crippen LogP contribution in [0.1, 0.15) is 27.4 Å². The zero-order chi connectivity index (χ0) is 19.7. The fourth-order valence-corrected chi connectivity index (χ4v) is 3.09. The Labute approximate surface area is 161 Å². The lowest BCUT2D eigenvalue weighted by Crippen LogP contribution is -2.23. The van der Waals surface area contributed by atoms with Crippen LogP contribution in [0.2, 0.25) is 0 Å². The zero-order valence-electron chi connectivity index (χ0n) is 15.8. The van der Waals surface area contributed by atoms with E-state index < -0.39 is 0 Å². The van der Waals surface area contributed by atoms with Gasteiger partial charge in [0.05, 0.1) is 11.4 Å². The number of nitrogens with zero attached hydrogens (tertiary/aromatic N) is 6. The molecule has 4 aromatic rings. The summed E-state index contributed by atoms with van der Waals surface area (Å²) in [5, 5.41) is 18.6. The van der Waals surface area contributed by atoms with E-state index in [-0.39, 0.29) is 5.91 Å². The second kappa shape index (κ2) is 7.10. The molecule has 0 aliphatic rings. The van der Waals surface area contributed by atoms with Gasteiger partial charge in [0.1, 0.15) is 5.69 Å². The van der Waals surface area contributed by atoms with Crippen molar-refractivity contribution in [3.8, 4) is 17.1 Å². The summed E-state index contributed by atoms with van der Waals surface area (Å²) in [6, 6.07) is 7.31. The molecule has 142 valence electrons. The van der Waals surface area contributed by atoms with Crippen molar-refractivity contribution in [3.63, 3.8) is 0 Å². The summed E-state index contributed by atoms with van der Waals surface area (Å²) < 4.78 is 3.48. The second-order valence-corrected chi connectivity index (χ2v) is 6.49. The average Bonchev–Trinajstić information content (AvgIpc) is 3.42. The van der Waals surface area contributed by atoms with Gasteiger partial charge in [-0.05, 0) is 43.7 Å². The Hall–Kier alpha value is -3.75. The Morgan fingerprint density at radius 3 is 2.82 bits per heavy atom. The highest BCUT2D eigenvalue weighted by Crippen LogP contribution is 2.25. The van der Waals surface area contributed by atoms with Gasteiger partial charge in [-0.3, -0.25) is 14.6 Å². The molecule has 4 aromatic heterocycles. The number of rotatable bonds is 5. The number of amides is 1. The molecular weight excluding hydrogens is 356 g/mol. The number of H-pyrrole nitrogens is 1. The molecule has 0 atom stereocenters. The normalized spacial score (nSPS) is 11.0. The highest BCUT2D eigenvalue weighted by atomic mass is 16.1. The van der Waals surface area contributed by atoms with Crippen LogP contribution in [0.15, 0.2) is 42.9 Å². The Kier molecular flexibility index (Phi) is 4.48. The van der Waals surface area contributed by atoms with Crippen LogP contribution in [-0.2, 0) is 13.6 Å². The lowest BCUT2D eigenvalue weighted by molar-refractivity contribution is 0.0946. The molecule has 0 fully saturated rings. The van der Waals surface area contributed by atoms with Crippen LogP contribution in [0.3, 0.4) is 0 Å². The van der Waals surface area contributed by atoms with Crippen LogP contribution in [0.4, 0.5) is 0 Å². The number of aromatic amines is 1. The molecule has 0 saturated carbocycles. The maximum Gasteiger partial charge on any atom is 0.269 e. The monoisotopic (exact) mass is 376 g/mol. The lowest BCUT2D eigenvalue weighted by Gasteiger charge is -2.06. The third-order valence-electron chi connectivity index (χ3n) is 4.59. The van der Waals surface area contributed by atoms with Crippen LogP contribution in [0.25, 0.3) is 17.1 Å². The fraction of sp³-hybridized carbons (Fsp3) is 0.211. The number of hydrogen-bond donors (Lipinski definition) is 2. The average molecular weight is 376 g/mol. The van der Waals surface area contributed by atoms with Gasteiger partial charge in [-0.25, -0.2) is 9.67 Å². The van der Waals surface area contributed by atoms with Gasteiger partial charge in [0.2, 0.25) is 0 Å². The molecule has 0 aromatic carbocycles. The topological polar surface area (TPSA) is 106 Å². The minimum absolute atomic E-state index is 0.226. The van der Waals surface area contributed by atoms with E-state index in [1.165, 1.54) is 0 Å². The maximum atomic E-state index is 12.5. The van der Waals surface area contributed by atoms with E-state index in [2.05, 4.69) is 30.7 Å². The van der Waals surface area contributed by atoms with Gasteiger partial charge in [0, 0.05) is 43.4 Å². The van der Waals surface area contributed by atoms with Crippen LogP contribution < -0.4 is 5.32 Å². The molecule has 0 spiro atoms. The summed E-state index contributed by atoms with van der Waals surface area (Å²) >= 11 is 0. The number of aryl methyl sites for hydroxylation is 2. The molecule has 1 amide bonds. The molecule has 28 heavy (non-hydrogen) atoms. The van der Waals surface area contributed by atoms with Crippen molar-refractivity contribution in [2.75, 3.05) is 0 Å². The Morgan fingerprint density at radius 2 is 2.11 bits per heavy atom. The fourth-order valence-electron chi connectivity index (χ4n) is 3.09. The van der Waals surface area contributed by atoms with Crippen LogP contribution in [0.5, 0.6) is 0 Å². The van der Waals surface area contributed by atoms with Gasteiger partial charge >= 0.3 is 0 Å². The highest BCUT2D eigenvalue weighted by Gasteiger charge is 2.17. The Balaban J connectivity index is 1.47. The predicted molar refractivity (Wildman–Crippen MR) is 103 cm³/mol. The smallest absolute Gasteiger partial charge is 0.269 e. The van der Waals surface area contributed by atoms with Crippen LogP contribution in [-0.4, -0.2) is 40.6 Å². The molecule has 0 unspecified atom stereocenters.